The number of rotatable bonds is 3. The van der Waals surface area contributed by atoms with Gasteiger partial charge >= 0.3 is 0 Å². The van der Waals surface area contributed by atoms with Crippen LogP contribution in [0.3, 0.4) is 0 Å². The number of hydrogen-bond donors (Lipinski definition) is 1. The molecule has 1 aromatic heterocycles. The average molecular weight is 278 g/mol. The molecule has 20 heavy (non-hydrogen) atoms. The van der Waals surface area contributed by atoms with Crippen LogP contribution in [0.1, 0.15) is 23.5 Å². The molecule has 1 amide bonds. The summed E-state index contributed by atoms with van der Waals surface area (Å²) >= 11 is 0. The van der Waals surface area contributed by atoms with E-state index in [0.29, 0.717) is 24.2 Å². The molecule has 0 atom stereocenters. The van der Waals surface area contributed by atoms with Crippen molar-refractivity contribution in [2.75, 3.05) is 33.2 Å². The number of amides is 1. The number of nitrogens with zero attached hydrogens (tertiary/aromatic N) is 3. The first-order valence-corrected chi connectivity index (χ1v) is 7.00. The smallest absolute Gasteiger partial charge is 0.254 e. The van der Waals surface area contributed by atoms with Crippen molar-refractivity contribution in [1.29, 1.82) is 0 Å². The quantitative estimate of drug-likeness (QED) is 0.851. The van der Waals surface area contributed by atoms with Gasteiger partial charge in [0.1, 0.15) is 5.82 Å². The SMILES string of the molecule is Cc1nc(C)c(CCC(=O)N2CCN(C)CC2)c(=O)[nH]1. The fourth-order valence-corrected chi connectivity index (χ4v) is 2.49. The highest BCUT2D eigenvalue weighted by molar-refractivity contribution is 5.76. The molecular weight excluding hydrogens is 256 g/mol. The molecule has 0 radical (unpaired) electrons. The van der Waals surface area contributed by atoms with Gasteiger partial charge in [-0.15, -0.1) is 0 Å². The lowest BCUT2D eigenvalue weighted by Crippen LogP contribution is -2.47. The van der Waals surface area contributed by atoms with Crippen LogP contribution in [0.2, 0.25) is 0 Å². The highest BCUT2D eigenvalue weighted by atomic mass is 16.2. The van der Waals surface area contributed by atoms with E-state index in [-0.39, 0.29) is 11.5 Å². The van der Waals surface area contributed by atoms with Crippen molar-refractivity contribution in [3.63, 3.8) is 0 Å². The minimum absolute atomic E-state index is 0.123. The van der Waals surface area contributed by atoms with Crippen LogP contribution in [0.4, 0.5) is 0 Å². The second-order valence-electron chi connectivity index (χ2n) is 5.40. The van der Waals surface area contributed by atoms with Crippen molar-refractivity contribution >= 4 is 5.91 Å². The van der Waals surface area contributed by atoms with Crippen molar-refractivity contribution in [3.05, 3.63) is 27.4 Å². The molecule has 0 aromatic carbocycles. The minimum atomic E-state index is -0.124. The lowest BCUT2D eigenvalue weighted by Gasteiger charge is -2.32. The minimum Gasteiger partial charge on any atom is -0.340 e. The Kier molecular flexibility index (Phi) is 4.54. The topological polar surface area (TPSA) is 69.3 Å². The zero-order valence-electron chi connectivity index (χ0n) is 12.4. The lowest BCUT2D eigenvalue weighted by molar-refractivity contribution is -0.132. The fraction of sp³-hybridized carbons (Fsp3) is 0.643. The van der Waals surface area contributed by atoms with E-state index in [1.54, 1.807) is 6.92 Å². The second kappa shape index (κ2) is 6.17. The number of aromatic nitrogens is 2. The Morgan fingerprint density at radius 1 is 1.25 bits per heavy atom. The molecule has 0 bridgehead atoms. The zero-order chi connectivity index (χ0) is 14.7. The first-order chi connectivity index (χ1) is 9.47. The maximum atomic E-state index is 12.1. The fourth-order valence-electron chi connectivity index (χ4n) is 2.49. The molecule has 6 nitrogen and oxygen atoms in total. The van der Waals surface area contributed by atoms with Gasteiger partial charge in [0, 0.05) is 43.9 Å². The molecule has 1 aliphatic rings. The van der Waals surface area contributed by atoms with E-state index < -0.39 is 0 Å². The maximum absolute atomic E-state index is 12.1. The summed E-state index contributed by atoms with van der Waals surface area (Å²) in [6.45, 7) is 6.95. The molecule has 110 valence electrons. The van der Waals surface area contributed by atoms with E-state index in [1.165, 1.54) is 0 Å². The number of piperazine rings is 1. The third-order valence-electron chi connectivity index (χ3n) is 3.79. The predicted octanol–water partition coefficient (Wildman–Crippen LogP) is 0.0933. The number of nitrogens with one attached hydrogen (secondary N) is 1. The van der Waals surface area contributed by atoms with Crippen LogP contribution < -0.4 is 5.56 Å². The predicted molar refractivity (Wildman–Crippen MR) is 76.7 cm³/mol. The van der Waals surface area contributed by atoms with Crippen LogP contribution in [0.5, 0.6) is 0 Å². The summed E-state index contributed by atoms with van der Waals surface area (Å²) in [6.07, 6.45) is 0.831. The molecule has 0 spiro atoms. The van der Waals surface area contributed by atoms with Crippen LogP contribution in [-0.2, 0) is 11.2 Å². The maximum Gasteiger partial charge on any atom is 0.254 e. The van der Waals surface area contributed by atoms with Gasteiger partial charge in [0.05, 0.1) is 0 Å². The lowest BCUT2D eigenvalue weighted by atomic mass is 10.1. The Morgan fingerprint density at radius 3 is 2.50 bits per heavy atom. The van der Waals surface area contributed by atoms with Gasteiger partial charge in [-0.25, -0.2) is 4.98 Å². The van der Waals surface area contributed by atoms with Crippen LogP contribution in [-0.4, -0.2) is 58.9 Å². The number of carbonyl (C=O) groups excluding carboxylic acids is 1. The van der Waals surface area contributed by atoms with Crippen LogP contribution in [0.25, 0.3) is 0 Å². The van der Waals surface area contributed by atoms with Gasteiger partial charge in [-0.05, 0) is 27.3 Å². The largest absolute Gasteiger partial charge is 0.340 e. The van der Waals surface area contributed by atoms with E-state index in [9.17, 15) is 9.59 Å². The Morgan fingerprint density at radius 2 is 1.90 bits per heavy atom. The van der Waals surface area contributed by atoms with Crippen molar-refractivity contribution in [1.82, 2.24) is 19.8 Å². The first-order valence-electron chi connectivity index (χ1n) is 7.00. The average Bonchev–Trinajstić information content (AvgIpc) is 2.38. The molecule has 0 unspecified atom stereocenters. The molecule has 0 aliphatic carbocycles. The zero-order valence-corrected chi connectivity index (χ0v) is 12.4. The van der Waals surface area contributed by atoms with Crippen LogP contribution >= 0.6 is 0 Å². The number of aryl methyl sites for hydroxylation is 2. The van der Waals surface area contributed by atoms with Crippen molar-refractivity contribution < 1.29 is 4.79 Å². The molecule has 2 rings (SSSR count). The van der Waals surface area contributed by atoms with Crippen LogP contribution in [0, 0.1) is 13.8 Å². The molecule has 6 heteroatoms. The standard InChI is InChI=1S/C14H22N4O2/c1-10-12(14(20)16-11(2)15-10)4-5-13(19)18-8-6-17(3)7-9-18/h4-9H2,1-3H3,(H,15,16,20). The van der Waals surface area contributed by atoms with Crippen molar-refractivity contribution in [2.24, 2.45) is 0 Å². The highest BCUT2D eigenvalue weighted by Gasteiger charge is 2.19. The van der Waals surface area contributed by atoms with E-state index in [1.807, 2.05) is 11.8 Å². The van der Waals surface area contributed by atoms with Crippen molar-refractivity contribution in [2.45, 2.75) is 26.7 Å². The normalized spacial score (nSPS) is 16.4. The summed E-state index contributed by atoms with van der Waals surface area (Å²) in [5.74, 6) is 0.735. The number of aromatic amines is 1. The van der Waals surface area contributed by atoms with E-state index in [2.05, 4.69) is 21.9 Å². The van der Waals surface area contributed by atoms with Crippen LogP contribution in [0.15, 0.2) is 4.79 Å². The summed E-state index contributed by atoms with van der Waals surface area (Å²) in [6, 6.07) is 0. The Balaban J connectivity index is 1.95. The number of hydrogen-bond acceptors (Lipinski definition) is 4. The molecule has 1 aromatic rings. The summed E-state index contributed by atoms with van der Waals surface area (Å²) < 4.78 is 0. The molecule has 1 fully saturated rings. The van der Waals surface area contributed by atoms with E-state index in [0.717, 1.165) is 31.9 Å². The Labute approximate surface area is 118 Å². The molecule has 1 saturated heterocycles. The monoisotopic (exact) mass is 278 g/mol. The molecular formula is C14H22N4O2. The van der Waals surface area contributed by atoms with Gasteiger partial charge < -0.3 is 14.8 Å². The number of carbonyl (C=O) groups is 1. The summed E-state index contributed by atoms with van der Waals surface area (Å²) in [5, 5.41) is 0. The first kappa shape index (κ1) is 14.7. The van der Waals surface area contributed by atoms with Crippen molar-refractivity contribution in [3.8, 4) is 0 Å². The van der Waals surface area contributed by atoms with E-state index in [4.69, 9.17) is 0 Å². The summed E-state index contributed by atoms with van der Waals surface area (Å²) in [5.41, 5.74) is 1.22. The van der Waals surface area contributed by atoms with Gasteiger partial charge in [0.15, 0.2) is 0 Å². The van der Waals surface area contributed by atoms with Gasteiger partial charge in [0.25, 0.3) is 5.56 Å². The second-order valence-corrected chi connectivity index (χ2v) is 5.40. The molecule has 0 saturated carbocycles. The molecule has 2 heterocycles. The van der Waals surface area contributed by atoms with E-state index >= 15 is 0 Å². The number of likely N-dealkylation sites (N-methyl/N-ethyl adjacent to an activating group) is 1. The molecule has 1 aliphatic heterocycles. The van der Waals surface area contributed by atoms with Gasteiger partial charge in [0.2, 0.25) is 5.91 Å². The van der Waals surface area contributed by atoms with Gasteiger partial charge in [-0.3, -0.25) is 9.59 Å². The highest BCUT2D eigenvalue weighted by Crippen LogP contribution is 2.07. The number of H-pyrrole nitrogens is 1. The van der Waals surface area contributed by atoms with Gasteiger partial charge in [-0.2, -0.15) is 0 Å². The summed E-state index contributed by atoms with van der Waals surface area (Å²) in [7, 11) is 2.06. The Bertz CT molecular complexity index is 545. The Hall–Kier alpha value is -1.69. The third-order valence-corrected chi connectivity index (χ3v) is 3.79. The summed E-state index contributed by atoms with van der Waals surface area (Å²) in [4.78, 5) is 35.0. The van der Waals surface area contributed by atoms with Gasteiger partial charge in [-0.1, -0.05) is 0 Å². The third kappa shape index (κ3) is 3.45. The molecule has 1 N–H and O–H groups in total.